The molecule has 1 N–H and O–H groups in total. The maximum absolute atomic E-state index is 12.1. The molecular formula is C19H28N2O2. The van der Waals surface area contributed by atoms with E-state index in [1.165, 1.54) is 18.4 Å². The van der Waals surface area contributed by atoms with Crippen LogP contribution in [0.1, 0.15) is 43.2 Å². The molecular weight excluding hydrogens is 288 g/mol. The third-order valence-electron chi connectivity index (χ3n) is 4.88. The molecule has 0 aromatic heterocycles. The van der Waals surface area contributed by atoms with Gasteiger partial charge in [0.1, 0.15) is 5.75 Å². The Kier molecular flexibility index (Phi) is 5.21. The SMILES string of the molecule is Cc1ccc(OCCC(=O)NC2CCN(C3CC3)CC2)c(C)c1. The zero-order valence-electron chi connectivity index (χ0n) is 14.3. The molecule has 0 radical (unpaired) electrons. The molecule has 2 fully saturated rings. The fraction of sp³-hybridized carbons (Fsp3) is 0.632. The van der Waals surface area contributed by atoms with Crippen molar-refractivity contribution in [2.24, 2.45) is 0 Å². The standard InChI is InChI=1S/C19H28N2O2/c1-14-3-6-18(15(2)13-14)23-12-9-19(22)20-16-7-10-21(11-8-16)17-4-5-17/h3,6,13,16-17H,4-5,7-12H2,1-2H3,(H,20,22). The Morgan fingerprint density at radius 2 is 1.96 bits per heavy atom. The van der Waals surface area contributed by atoms with Crippen LogP contribution in [0.5, 0.6) is 5.75 Å². The van der Waals surface area contributed by atoms with E-state index in [4.69, 9.17) is 4.74 Å². The van der Waals surface area contributed by atoms with Crippen LogP contribution >= 0.6 is 0 Å². The van der Waals surface area contributed by atoms with Crippen LogP contribution in [0.3, 0.4) is 0 Å². The van der Waals surface area contributed by atoms with Crippen LogP contribution in [0.4, 0.5) is 0 Å². The number of hydrogen-bond acceptors (Lipinski definition) is 3. The maximum Gasteiger partial charge on any atom is 0.223 e. The fourth-order valence-electron chi connectivity index (χ4n) is 3.36. The van der Waals surface area contributed by atoms with Crippen LogP contribution in [-0.2, 0) is 4.79 Å². The van der Waals surface area contributed by atoms with Crippen LogP contribution in [0.2, 0.25) is 0 Å². The maximum atomic E-state index is 12.1. The van der Waals surface area contributed by atoms with Crippen molar-refractivity contribution in [1.29, 1.82) is 0 Å². The highest BCUT2D eigenvalue weighted by molar-refractivity contribution is 5.76. The van der Waals surface area contributed by atoms with Gasteiger partial charge in [-0.25, -0.2) is 0 Å². The van der Waals surface area contributed by atoms with E-state index in [2.05, 4.69) is 23.2 Å². The van der Waals surface area contributed by atoms with Gasteiger partial charge in [0.15, 0.2) is 0 Å². The zero-order chi connectivity index (χ0) is 16.2. The summed E-state index contributed by atoms with van der Waals surface area (Å²) in [5, 5.41) is 3.16. The van der Waals surface area contributed by atoms with E-state index in [0.29, 0.717) is 19.1 Å². The second-order valence-corrected chi connectivity index (χ2v) is 6.98. The number of aryl methyl sites for hydroxylation is 2. The molecule has 1 aromatic rings. The minimum absolute atomic E-state index is 0.111. The first kappa shape index (κ1) is 16.3. The molecule has 4 heteroatoms. The smallest absolute Gasteiger partial charge is 0.223 e. The summed E-state index contributed by atoms with van der Waals surface area (Å²) < 4.78 is 5.74. The van der Waals surface area contributed by atoms with Crippen molar-refractivity contribution in [3.05, 3.63) is 29.3 Å². The van der Waals surface area contributed by atoms with E-state index >= 15 is 0 Å². The molecule has 0 atom stereocenters. The van der Waals surface area contributed by atoms with E-state index in [9.17, 15) is 4.79 Å². The monoisotopic (exact) mass is 316 g/mol. The van der Waals surface area contributed by atoms with Crippen molar-refractivity contribution >= 4 is 5.91 Å². The molecule has 1 saturated heterocycles. The minimum atomic E-state index is 0.111. The van der Waals surface area contributed by atoms with E-state index in [-0.39, 0.29) is 5.91 Å². The summed E-state index contributed by atoms with van der Waals surface area (Å²) in [5.74, 6) is 0.987. The van der Waals surface area contributed by atoms with Gasteiger partial charge in [0, 0.05) is 25.2 Å². The summed E-state index contributed by atoms with van der Waals surface area (Å²) in [4.78, 5) is 14.6. The Morgan fingerprint density at radius 3 is 2.61 bits per heavy atom. The van der Waals surface area contributed by atoms with Gasteiger partial charge in [0.25, 0.3) is 0 Å². The van der Waals surface area contributed by atoms with E-state index in [1.54, 1.807) is 0 Å². The third-order valence-corrected chi connectivity index (χ3v) is 4.88. The molecule has 126 valence electrons. The van der Waals surface area contributed by atoms with Gasteiger partial charge in [-0.05, 0) is 51.2 Å². The van der Waals surface area contributed by atoms with Crippen molar-refractivity contribution < 1.29 is 9.53 Å². The first-order valence-electron chi connectivity index (χ1n) is 8.85. The summed E-state index contributed by atoms with van der Waals surface area (Å²) in [6.07, 6.45) is 5.33. The molecule has 1 heterocycles. The number of ether oxygens (including phenoxy) is 1. The molecule has 4 nitrogen and oxygen atoms in total. The first-order valence-corrected chi connectivity index (χ1v) is 8.85. The van der Waals surface area contributed by atoms with Crippen molar-refractivity contribution in [3.8, 4) is 5.75 Å². The Bertz CT molecular complexity index is 546. The van der Waals surface area contributed by atoms with Crippen LogP contribution in [0, 0.1) is 13.8 Å². The van der Waals surface area contributed by atoms with Gasteiger partial charge in [-0.3, -0.25) is 4.79 Å². The molecule has 1 amide bonds. The van der Waals surface area contributed by atoms with Gasteiger partial charge in [0.2, 0.25) is 5.91 Å². The Morgan fingerprint density at radius 1 is 1.22 bits per heavy atom. The number of rotatable bonds is 6. The molecule has 1 aromatic carbocycles. The molecule has 1 aliphatic heterocycles. The van der Waals surface area contributed by atoms with Crippen LogP contribution in [0.15, 0.2) is 18.2 Å². The third kappa shape index (κ3) is 4.71. The fourth-order valence-corrected chi connectivity index (χ4v) is 3.36. The van der Waals surface area contributed by atoms with Crippen molar-refractivity contribution in [2.45, 2.75) is 58.0 Å². The van der Waals surface area contributed by atoms with Crippen LogP contribution in [-0.4, -0.2) is 42.6 Å². The molecule has 0 bridgehead atoms. The van der Waals surface area contributed by atoms with Gasteiger partial charge in [-0.15, -0.1) is 0 Å². The average molecular weight is 316 g/mol. The minimum Gasteiger partial charge on any atom is -0.493 e. The number of carbonyl (C=O) groups excluding carboxylic acids is 1. The largest absolute Gasteiger partial charge is 0.493 e. The average Bonchev–Trinajstić information content (AvgIpc) is 3.35. The predicted octanol–water partition coefficient (Wildman–Crippen LogP) is 2.82. The number of nitrogens with one attached hydrogen (secondary N) is 1. The summed E-state index contributed by atoms with van der Waals surface area (Å²) in [7, 11) is 0. The molecule has 2 aliphatic rings. The molecule has 0 spiro atoms. The molecule has 23 heavy (non-hydrogen) atoms. The highest BCUT2D eigenvalue weighted by atomic mass is 16.5. The van der Waals surface area contributed by atoms with Gasteiger partial charge in [0.05, 0.1) is 13.0 Å². The summed E-state index contributed by atoms with van der Waals surface area (Å²) in [6.45, 7) is 6.81. The molecule has 1 aliphatic carbocycles. The van der Waals surface area contributed by atoms with Gasteiger partial charge in [-0.2, -0.15) is 0 Å². The highest BCUT2D eigenvalue weighted by Crippen LogP contribution is 2.29. The number of nitrogens with zero attached hydrogens (tertiary/aromatic N) is 1. The first-order chi connectivity index (χ1) is 11.1. The summed E-state index contributed by atoms with van der Waals surface area (Å²) in [5.41, 5.74) is 2.35. The lowest BCUT2D eigenvalue weighted by Crippen LogP contribution is -2.45. The van der Waals surface area contributed by atoms with Gasteiger partial charge in [-0.1, -0.05) is 17.7 Å². The number of piperidine rings is 1. The van der Waals surface area contributed by atoms with E-state index < -0.39 is 0 Å². The number of likely N-dealkylation sites (tertiary alicyclic amines) is 1. The van der Waals surface area contributed by atoms with Crippen molar-refractivity contribution in [3.63, 3.8) is 0 Å². The van der Waals surface area contributed by atoms with Crippen LogP contribution < -0.4 is 10.1 Å². The Labute approximate surface area is 139 Å². The topological polar surface area (TPSA) is 41.6 Å². The Hall–Kier alpha value is -1.55. The number of benzene rings is 1. The highest BCUT2D eigenvalue weighted by Gasteiger charge is 2.31. The predicted molar refractivity (Wildman–Crippen MR) is 91.8 cm³/mol. The van der Waals surface area contributed by atoms with E-state index in [0.717, 1.165) is 43.3 Å². The summed E-state index contributed by atoms with van der Waals surface area (Å²) >= 11 is 0. The Balaban J connectivity index is 1.35. The van der Waals surface area contributed by atoms with Crippen LogP contribution in [0.25, 0.3) is 0 Å². The van der Waals surface area contributed by atoms with Gasteiger partial charge >= 0.3 is 0 Å². The molecule has 3 rings (SSSR count). The number of amides is 1. The lowest BCUT2D eigenvalue weighted by molar-refractivity contribution is -0.122. The number of carbonyl (C=O) groups is 1. The molecule has 1 saturated carbocycles. The quantitative estimate of drug-likeness (QED) is 0.877. The van der Waals surface area contributed by atoms with E-state index in [1.807, 2.05) is 19.1 Å². The van der Waals surface area contributed by atoms with Crippen molar-refractivity contribution in [2.75, 3.05) is 19.7 Å². The zero-order valence-corrected chi connectivity index (χ0v) is 14.3. The van der Waals surface area contributed by atoms with Crippen molar-refractivity contribution in [1.82, 2.24) is 10.2 Å². The second kappa shape index (κ2) is 7.35. The summed E-state index contributed by atoms with van der Waals surface area (Å²) in [6, 6.07) is 7.31. The van der Waals surface area contributed by atoms with Gasteiger partial charge < -0.3 is 15.0 Å². The lowest BCUT2D eigenvalue weighted by atomic mass is 10.0. The lowest BCUT2D eigenvalue weighted by Gasteiger charge is -2.32. The number of hydrogen-bond donors (Lipinski definition) is 1. The normalized spacial score (nSPS) is 19.6. The molecule has 0 unspecified atom stereocenters. The second-order valence-electron chi connectivity index (χ2n) is 6.98.